The van der Waals surface area contributed by atoms with Crippen LogP contribution in [0.25, 0.3) is 0 Å². The summed E-state index contributed by atoms with van der Waals surface area (Å²) >= 11 is 0. The van der Waals surface area contributed by atoms with Crippen molar-refractivity contribution >= 4 is 21.6 Å². The molecule has 174 valence electrons. The van der Waals surface area contributed by atoms with Gasteiger partial charge >= 0.3 is 124 Å². The molecule has 17 heteroatoms. The minimum Gasteiger partial charge on any atom is -0.780 e. The van der Waals surface area contributed by atoms with Crippen LogP contribution in [-0.2, 0) is 19.5 Å². The average molecular weight is 584 g/mol. The number of benzene rings is 3. The molecule has 1 aliphatic heterocycles. The molecular formula is C20H14Na4O11P2. The summed E-state index contributed by atoms with van der Waals surface area (Å²) in [6.45, 7) is 0. The summed E-state index contributed by atoms with van der Waals surface area (Å²) in [4.78, 5) is 56.1. The van der Waals surface area contributed by atoms with Crippen LogP contribution in [0.4, 0.5) is 0 Å². The predicted molar refractivity (Wildman–Crippen MR) is 105 cm³/mol. The summed E-state index contributed by atoms with van der Waals surface area (Å²) in [5, 5.41) is 0. The molecule has 0 unspecified atom stereocenters. The Morgan fingerprint density at radius 1 is 0.649 bits per heavy atom. The number of rotatable bonds is 6. The van der Waals surface area contributed by atoms with Gasteiger partial charge in [-0.15, -0.1) is 0 Å². The second-order valence-electron chi connectivity index (χ2n) is 6.74. The largest absolute Gasteiger partial charge is 1.00 e. The second-order valence-corrected chi connectivity index (χ2v) is 8.90. The Kier molecular flexibility index (Phi) is 17.2. The third-order valence-electron chi connectivity index (χ3n) is 4.73. The molecule has 0 saturated carbocycles. The molecule has 0 aliphatic carbocycles. The van der Waals surface area contributed by atoms with Crippen molar-refractivity contribution in [2.75, 3.05) is 0 Å². The molecule has 3 aromatic rings. The summed E-state index contributed by atoms with van der Waals surface area (Å²) < 4.78 is 36.2. The molecular weight excluding hydrogens is 570 g/mol. The van der Waals surface area contributed by atoms with Gasteiger partial charge in [-0.05, 0) is 30.3 Å². The fraction of sp³-hybridized carbons (Fsp3) is 0.0500. The molecule has 1 aliphatic rings. The number of fused-ring (bicyclic) bond motifs is 1. The normalized spacial score (nSPS) is 13.0. The zero-order chi connectivity index (χ0) is 23.1. The third kappa shape index (κ3) is 9.51. The molecule has 2 N–H and O–H groups in total. The zero-order valence-corrected chi connectivity index (χ0v) is 30.2. The maximum Gasteiger partial charge on any atom is 1.00 e. The molecule has 0 spiro atoms. The summed E-state index contributed by atoms with van der Waals surface area (Å²) in [7, 11) is -10.5. The standard InChI is InChI=1S/C20H16O10P2.4Na.H2O/c21-19-17-3-1-2-4-18(17)20(28-19,13-5-9-15(10-6-13)29-31(22,23)24)14-7-11-16(12-8-14)30-32(25,26)27;;;;;/h1-12H,(H2,22,23,24)(H2,25,26,27);;;;;1H2/q;4*+1;/p-4. The third-order valence-corrected chi connectivity index (χ3v) is 5.60. The van der Waals surface area contributed by atoms with E-state index in [0.717, 1.165) is 0 Å². The van der Waals surface area contributed by atoms with Crippen LogP contribution in [0.2, 0.25) is 0 Å². The molecule has 11 nitrogen and oxygen atoms in total. The van der Waals surface area contributed by atoms with Crippen LogP contribution in [0.3, 0.4) is 0 Å². The van der Waals surface area contributed by atoms with Crippen molar-refractivity contribution in [3.05, 3.63) is 95.1 Å². The van der Waals surface area contributed by atoms with E-state index in [-0.39, 0.29) is 135 Å². The molecule has 3 aromatic carbocycles. The number of carbonyl (C=O) groups is 1. The summed E-state index contributed by atoms with van der Waals surface area (Å²) in [6.07, 6.45) is 0. The van der Waals surface area contributed by atoms with Crippen LogP contribution in [0, 0.1) is 0 Å². The van der Waals surface area contributed by atoms with Crippen molar-refractivity contribution in [3.8, 4) is 11.5 Å². The number of esters is 1. The molecule has 0 atom stereocenters. The Morgan fingerprint density at radius 3 is 1.41 bits per heavy atom. The van der Waals surface area contributed by atoms with E-state index in [4.69, 9.17) is 4.74 Å². The van der Waals surface area contributed by atoms with E-state index in [9.17, 15) is 33.5 Å². The van der Waals surface area contributed by atoms with E-state index in [1.165, 1.54) is 48.5 Å². The number of phosphoric ester groups is 2. The van der Waals surface area contributed by atoms with E-state index in [0.29, 0.717) is 22.3 Å². The van der Waals surface area contributed by atoms with E-state index in [1.54, 1.807) is 24.3 Å². The predicted octanol–water partition coefficient (Wildman–Crippen LogP) is -12.2. The molecule has 1 heterocycles. The number of phosphoric acid groups is 2. The quantitative estimate of drug-likeness (QED) is 0.152. The van der Waals surface area contributed by atoms with E-state index >= 15 is 0 Å². The first kappa shape index (κ1) is 40.1. The smallest absolute Gasteiger partial charge is 0.780 e. The van der Waals surface area contributed by atoms with Crippen molar-refractivity contribution in [2.24, 2.45) is 0 Å². The molecule has 0 aromatic heterocycles. The molecule has 0 saturated heterocycles. The Balaban J connectivity index is 0. The van der Waals surface area contributed by atoms with Gasteiger partial charge in [0.15, 0.2) is 5.60 Å². The van der Waals surface area contributed by atoms with Crippen LogP contribution in [-0.4, -0.2) is 11.4 Å². The summed E-state index contributed by atoms with van der Waals surface area (Å²) in [5.74, 6) is -1.06. The van der Waals surface area contributed by atoms with Crippen molar-refractivity contribution in [1.29, 1.82) is 0 Å². The summed E-state index contributed by atoms with van der Waals surface area (Å²) in [6, 6.07) is 17.2. The first-order valence-corrected chi connectivity index (χ1v) is 11.9. The Morgan fingerprint density at radius 2 is 1.03 bits per heavy atom. The molecule has 0 radical (unpaired) electrons. The maximum atomic E-state index is 12.6. The number of ether oxygens (including phenoxy) is 1. The minimum atomic E-state index is -5.26. The zero-order valence-electron chi connectivity index (χ0n) is 20.4. The molecule has 4 rings (SSSR count). The minimum absolute atomic E-state index is 0. The van der Waals surface area contributed by atoms with Crippen molar-refractivity contribution < 1.29 is 171 Å². The summed E-state index contributed by atoms with van der Waals surface area (Å²) in [5.41, 5.74) is 0.0648. The molecule has 0 amide bonds. The van der Waals surface area contributed by atoms with Gasteiger partial charge < -0.3 is 48.0 Å². The van der Waals surface area contributed by atoms with Crippen LogP contribution in [0.1, 0.15) is 27.0 Å². The van der Waals surface area contributed by atoms with Gasteiger partial charge in [-0.25, -0.2) is 4.79 Å². The van der Waals surface area contributed by atoms with Gasteiger partial charge in [0.2, 0.25) is 0 Å². The van der Waals surface area contributed by atoms with Gasteiger partial charge in [-0.3, -0.25) is 0 Å². The fourth-order valence-corrected chi connectivity index (χ4v) is 4.33. The number of hydrogen-bond donors (Lipinski definition) is 0. The van der Waals surface area contributed by atoms with E-state index in [2.05, 4.69) is 9.05 Å². The monoisotopic (exact) mass is 584 g/mol. The second kappa shape index (κ2) is 15.8. The van der Waals surface area contributed by atoms with E-state index < -0.39 is 27.2 Å². The SMILES string of the molecule is O.O=C1OC(c2ccc(OP(=O)([O-])[O-])cc2)(c2ccc(OP(=O)([O-])[O-])cc2)c2ccccc21.[Na+].[Na+].[Na+].[Na+]. The van der Waals surface area contributed by atoms with Gasteiger partial charge in [0.1, 0.15) is 27.1 Å². The van der Waals surface area contributed by atoms with Gasteiger partial charge in [-0.1, -0.05) is 42.5 Å². The Labute approximate surface area is 300 Å². The Bertz CT molecular complexity index is 1210. The fourth-order valence-electron chi connectivity index (χ4n) is 3.57. The van der Waals surface area contributed by atoms with Crippen LogP contribution in [0.15, 0.2) is 72.8 Å². The van der Waals surface area contributed by atoms with Crippen molar-refractivity contribution in [3.63, 3.8) is 0 Å². The topological polar surface area (TPSA) is 203 Å². The van der Waals surface area contributed by atoms with Gasteiger partial charge in [0.05, 0.1) is 5.56 Å². The average Bonchev–Trinajstić information content (AvgIpc) is 3.01. The van der Waals surface area contributed by atoms with Gasteiger partial charge in [0.25, 0.3) is 0 Å². The van der Waals surface area contributed by atoms with Crippen LogP contribution < -0.4 is 147 Å². The van der Waals surface area contributed by atoms with Crippen LogP contribution in [0.5, 0.6) is 11.5 Å². The number of hydrogen-bond acceptors (Lipinski definition) is 10. The molecule has 0 fully saturated rings. The van der Waals surface area contributed by atoms with Crippen molar-refractivity contribution in [2.45, 2.75) is 5.60 Å². The first-order valence-electron chi connectivity index (χ1n) is 8.95. The van der Waals surface area contributed by atoms with Gasteiger partial charge in [-0.2, -0.15) is 0 Å². The van der Waals surface area contributed by atoms with E-state index in [1.807, 2.05) is 0 Å². The van der Waals surface area contributed by atoms with Crippen LogP contribution >= 0.6 is 15.6 Å². The maximum absolute atomic E-state index is 12.6. The molecule has 37 heavy (non-hydrogen) atoms. The van der Waals surface area contributed by atoms with Crippen molar-refractivity contribution in [1.82, 2.24) is 0 Å². The van der Waals surface area contributed by atoms with Gasteiger partial charge in [0, 0.05) is 16.7 Å². The number of cyclic esters (lactones) is 1. The first-order chi connectivity index (χ1) is 15.0. The molecule has 0 bridgehead atoms. The Hall–Kier alpha value is 0.990. The number of carbonyl (C=O) groups excluding carboxylic acids is 1.